The van der Waals surface area contributed by atoms with Crippen LogP contribution in [0.25, 0.3) is 0 Å². The second kappa shape index (κ2) is 7.38. The number of carbonyl (C=O) groups is 2. The van der Waals surface area contributed by atoms with E-state index in [1.165, 1.54) is 0 Å². The van der Waals surface area contributed by atoms with E-state index < -0.39 is 21.8 Å². The van der Waals surface area contributed by atoms with Crippen molar-refractivity contribution < 1.29 is 18.0 Å². The van der Waals surface area contributed by atoms with Gasteiger partial charge in [-0.1, -0.05) is 11.6 Å². The molecule has 1 N–H and O–H groups in total. The molecule has 2 amide bonds. The van der Waals surface area contributed by atoms with Crippen molar-refractivity contribution in [3.8, 4) is 0 Å². The Bertz CT molecular complexity index is 922. The zero-order valence-electron chi connectivity index (χ0n) is 14.4. The molecule has 0 unspecified atom stereocenters. The Morgan fingerprint density at radius 1 is 1.12 bits per heavy atom. The number of fused-ring (bicyclic) bond motifs is 1. The predicted molar refractivity (Wildman–Crippen MR) is 95.2 cm³/mol. The van der Waals surface area contributed by atoms with E-state index >= 15 is 0 Å². The number of hydrogen-bond acceptors (Lipinski definition) is 5. The van der Waals surface area contributed by atoms with E-state index in [-0.39, 0.29) is 18.8 Å². The lowest BCUT2D eigenvalue weighted by atomic mass is 10.1. The molecule has 0 bridgehead atoms. The predicted octanol–water partition coefficient (Wildman–Crippen LogP) is 0.797. The van der Waals surface area contributed by atoms with Crippen LogP contribution in [0.4, 0.5) is 0 Å². The first-order valence-corrected chi connectivity index (χ1v) is 9.92. The van der Waals surface area contributed by atoms with Crippen LogP contribution in [0, 0.1) is 6.92 Å². The average Bonchev–Trinajstić information content (AvgIpc) is 3.18. The first kappa shape index (κ1) is 18.3. The lowest BCUT2D eigenvalue weighted by molar-refractivity contribution is 0.0664. The van der Waals surface area contributed by atoms with Crippen LogP contribution in [0.1, 0.15) is 32.7 Å². The summed E-state index contributed by atoms with van der Waals surface area (Å²) in [6.07, 6.45) is 5.74. The molecule has 1 aromatic carbocycles. The van der Waals surface area contributed by atoms with Gasteiger partial charge in [-0.3, -0.25) is 14.5 Å². The minimum Gasteiger partial charge on any atom is -0.337 e. The fraction of sp³-hybridized carbons (Fsp3) is 0.353. The molecular formula is C17H20N4O4S. The van der Waals surface area contributed by atoms with Gasteiger partial charge < -0.3 is 4.57 Å². The monoisotopic (exact) mass is 376 g/mol. The van der Waals surface area contributed by atoms with Crippen molar-refractivity contribution in [3.63, 3.8) is 0 Å². The Kier molecular flexibility index (Phi) is 5.19. The van der Waals surface area contributed by atoms with Gasteiger partial charge in [-0.15, -0.1) is 0 Å². The molecule has 2 aromatic rings. The highest BCUT2D eigenvalue weighted by Gasteiger charge is 2.35. The highest BCUT2D eigenvalue weighted by atomic mass is 32.2. The van der Waals surface area contributed by atoms with E-state index in [1.54, 1.807) is 36.9 Å². The van der Waals surface area contributed by atoms with Gasteiger partial charge >= 0.3 is 0 Å². The summed E-state index contributed by atoms with van der Waals surface area (Å²) in [4.78, 5) is 29.6. The third-order valence-electron chi connectivity index (χ3n) is 4.18. The summed E-state index contributed by atoms with van der Waals surface area (Å²) in [6.45, 7) is 2.60. The number of sulfonamides is 1. The van der Waals surface area contributed by atoms with Gasteiger partial charge in [0.25, 0.3) is 11.8 Å². The highest BCUT2D eigenvalue weighted by Crippen LogP contribution is 2.23. The number of imide groups is 1. The van der Waals surface area contributed by atoms with Crippen molar-refractivity contribution in [1.29, 1.82) is 0 Å². The number of aromatic nitrogens is 2. The summed E-state index contributed by atoms with van der Waals surface area (Å²) in [6, 6.07) is 5.01. The van der Waals surface area contributed by atoms with Crippen molar-refractivity contribution in [2.24, 2.45) is 0 Å². The molecule has 26 heavy (non-hydrogen) atoms. The van der Waals surface area contributed by atoms with Gasteiger partial charge in [0, 0.05) is 32.0 Å². The molecular weight excluding hydrogens is 356 g/mol. The fourth-order valence-electron chi connectivity index (χ4n) is 2.80. The quantitative estimate of drug-likeness (QED) is 0.542. The molecule has 0 spiro atoms. The topological polar surface area (TPSA) is 101 Å². The van der Waals surface area contributed by atoms with E-state index in [0.29, 0.717) is 24.1 Å². The Morgan fingerprint density at radius 2 is 1.88 bits per heavy atom. The number of rotatable bonds is 8. The van der Waals surface area contributed by atoms with Crippen LogP contribution >= 0.6 is 0 Å². The molecule has 9 heteroatoms. The number of nitrogens with one attached hydrogen (secondary N) is 1. The Morgan fingerprint density at radius 3 is 2.62 bits per heavy atom. The molecule has 0 saturated heterocycles. The molecule has 2 heterocycles. The normalized spacial score (nSPS) is 14.1. The van der Waals surface area contributed by atoms with Gasteiger partial charge in [-0.25, -0.2) is 18.1 Å². The Hall–Kier alpha value is -2.52. The molecule has 0 aliphatic carbocycles. The molecule has 8 nitrogen and oxygen atoms in total. The summed E-state index contributed by atoms with van der Waals surface area (Å²) < 4.78 is 28.6. The van der Waals surface area contributed by atoms with Crippen LogP contribution in [0.3, 0.4) is 0 Å². The van der Waals surface area contributed by atoms with Gasteiger partial charge in [0.2, 0.25) is 10.0 Å². The van der Waals surface area contributed by atoms with Crippen molar-refractivity contribution in [3.05, 3.63) is 53.6 Å². The lowest BCUT2D eigenvalue weighted by Crippen LogP contribution is -2.38. The third-order valence-corrected chi connectivity index (χ3v) is 5.55. The first-order valence-electron chi connectivity index (χ1n) is 8.27. The molecule has 0 saturated carbocycles. The number of aryl methyl sites for hydroxylation is 2. The second-order valence-electron chi connectivity index (χ2n) is 6.18. The van der Waals surface area contributed by atoms with Crippen LogP contribution in [-0.2, 0) is 16.6 Å². The van der Waals surface area contributed by atoms with E-state index in [1.807, 2.05) is 11.5 Å². The Balaban J connectivity index is 1.51. The summed E-state index contributed by atoms with van der Waals surface area (Å²) in [7, 11) is -3.57. The van der Waals surface area contributed by atoms with E-state index in [2.05, 4.69) is 9.71 Å². The Labute approximate surface area is 151 Å². The summed E-state index contributed by atoms with van der Waals surface area (Å²) >= 11 is 0. The number of hydrogen-bond donors (Lipinski definition) is 1. The zero-order valence-corrected chi connectivity index (χ0v) is 15.2. The average molecular weight is 376 g/mol. The number of carbonyl (C=O) groups excluding carboxylic acids is 2. The van der Waals surface area contributed by atoms with E-state index in [9.17, 15) is 18.0 Å². The van der Waals surface area contributed by atoms with Crippen LogP contribution in [0.5, 0.6) is 0 Å². The largest absolute Gasteiger partial charge is 0.337 e. The number of imidazole rings is 1. The summed E-state index contributed by atoms with van der Waals surface area (Å²) in [5.74, 6) is -1.20. The molecule has 0 atom stereocenters. The zero-order chi connectivity index (χ0) is 18.7. The van der Waals surface area contributed by atoms with Gasteiger partial charge in [0.1, 0.15) is 0 Å². The molecule has 1 aromatic heterocycles. The molecule has 0 radical (unpaired) electrons. The molecule has 3 rings (SSSR count). The SMILES string of the molecule is Cc1ccc2c(c1)C(=O)N(CCS(=O)(=O)NCCCn1ccnc1)C2=O. The number of nitrogens with zero attached hydrogens (tertiary/aromatic N) is 3. The van der Waals surface area contributed by atoms with Crippen LogP contribution in [-0.4, -0.2) is 53.5 Å². The number of benzene rings is 1. The smallest absolute Gasteiger partial charge is 0.261 e. The van der Waals surface area contributed by atoms with Crippen molar-refractivity contribution >= 4 is 21.8 Å². The van der Waals surface area contributed by atoms with E-state index in [4.69, 9.17) is 0 Å². The summed E-state index contributed by atoms with van der Waals surface area (Å²) in [5.41, 5.74) is 1.53. The van der Waals surface area contributed by atoms with Crippen molar-refractivity contribution in [1.82, 2.24) is 19.2 Å². The molecule has 1 aliphatic heterocycles. The minimum atomic E-state index is -3.57. The summed E-state index contributed by atoms with van der Waals surface area (Å²) in [5, 5.41) is 0. The van der Waals surface area contributed by atoms with Crippen LogP contribution in [0.15, 0.2) is 36.9 Å². The van der Waals surface area contributed by atoms with Gasteiger partial charge in [0.15, 0.2) is 0 Å². The fourth-order valence-corrected chi connectivity index (χ4v) is 3.82. The second-order valence-corrected chi connectivity index (χ2v) is 8.10. The maximum atomic E-state index is 12.3. The molecule has 1 aliphatic rings. The maximum absolute atomic E-state index is 12.3. The van der Waals surface area contributed by atoms with Gasteiger partial charge in [-0.2, -0.15) is 0 Å². The van der Waals surface area contributed by atoms with Crippen molar-refractivity contribution in [2.75, 3.05) is 18.8 Å². The maximum Gasteiger partial charge on any atom is 0.261 e. The lowest BCUT2D eigenvalue weighted by Gasteiger charge is -2.14. The van der Waals surface area contributed by atoms with E-state index in [0.717, 1.165) is 10.5 Å². The molecule has 0 fully saturated rings. The van der Waals surface area contributed by atoms with Gasteiger partial charge in [-0.05, 0) is 25.5 Å². The van der Waals surface area contributed by atoms with Crippen LogP contribution < -0.4 is 4.72 Å². The molecule has 138 valence electrons. The third kappa shape index (κ3) is 4.00. The highest BCUT2D eigenvalue weighted by molar-refractivity contribution is 7.89. The van der Waals surface area contributed by atoms with Crippen molar-refractivity contribution in [2.45, 2.75) is 19.9 Å². The standard InChI is InChI=1S/C17H20N4O4S/c1-13-3-4-14-15(11-13)17(23)21(16(14)22)9-10-26(24,25)19-5-2-7-20-8-6-18-12-20/h3-4,6,8,11-12,19H,2,5,7,9-10H2,1H3. The minimum absolute atomic E-state index is 0.164. The number of amides is 2. The first-order chi connectivity index (χ1) is 12.4. The van der Waals surface area contributed by atoms with Gasteiger partial charge in [0.05, 0.1) is 23.2 Å². The van der Waals surface area contributed by atoms with Crippen LogP contribution in [0.2, 0.25) is 0 Å².